The van der Waals surface area contributed by atoms with E-state index in [2.05, 4.69) is 21.4 Å². The Hall–Kier alpha value is -1.59. The van der Waals surface area contributed by atoms with Gasteiger partial charge >= 0.3 is 0 Å². The minimum atomic E-state index is -0.259. The predicted molar refractivity (Wildman–Crippen MR) is 84.0 cm³/mol. The van der Waals surface area contributed by atoms with Crippen molar-refractivity contribution in [2.75, 3.05) is 23.7 Å². The van der Waals surface area contributed by atoms with E-state index in [-0.39, 0.29) is 6.10 Å². The Bertz CT molecular complexity index is 582. The average Bonchev–Trinajstić information content (AvgIpc) is 3.06. The molecule has 1 aliphatic rings. The van der Waals surface area contributed by atoms with E-state index in [1.807, 2.05) is 25.1 Å². The van der Waals surface area contributed by atoms with Gasteiger partial charge in [-0.25, -0.2) is 0 Å². The highest BCUT2D eigenvalue weighted by Gasteiger charge is 2.29. The molecule has 1 aromatic heterocycles. The Morgan fingerprint density at radius 2 is 2.15 bits per heavy atom. The van der Waals surface area contributed by atoms with Crippen molar-refractivity contribution in [3.8, 4) is 11.1 Å². The van der Waals surface area contributed by atoms with Gasteiger partial charge in [0.15, 0.2) is 0 Å². The molecular formula is C15H19N3OS. The normalized spacial score (nSPS) is 20.3. The largest absolute Gasteiger partial charge is 0.393 e. The standard InChI is InChI=1S/C15H19N3OS/c1-10(19)12-7-8-18(9-12)15-13(14(16)17-20-15)11-5-3-2-4-6-11/h2-6,10,12,19H,7-9H2,1H3,(H2,16,17). The van der Waals surface area contributed by atoms with E-state index in [9.17, 15) is 5.11 Å². The average molecular weight is 289 g/mol. The van der Waals surface area contributed by atoms with Crippen LogP contribution < -0.4 is 10.6 Å². The van der Waals surface area contributed by atoms with Crippen LogP contribution in [-0.4, -0.2) is 28.7 Å². The van der Waals surface area contributed by atoms with Crippen LogP contribution in [0.25, 0.3) is 11.1 Å². The molecule has 2 atom stereocenters. The fraction of sp³-hybridized carbons (Fsp3) is 0.400. The molecule has 1 aromatic carbocycles. The summed E-state index contributed by atoms with van der Waals surface area (Å²) in [7, 11) is 0. The van der Waals surface area contributed by atoms with Crippen LogP contribution >= 0.6 is 11.5 Å². The molecule has 1 aliphatic heterocycles. The van der Waals surface area contributed by atoms with Crippen LogP contribution in [0.15, 0.2) is 30.3 Å². The van der Waals surface area contributed by atoms with Crippen molar-refractivity contribution in [1.82, 2.24) is 4.37 Å². The smallest absolute Gasteiger partial charge is 0.147 e. The molecule has 0 saturated carbocycles. The van der Waals surface area contributed by atoms with Crippen LogP contribution in [0, 0.1) is 5.92 Å². The van der Waals surface area contributed by atoms with Gasteiger partial charge in [0.1, 0.15) is 10.8 Å². The Labute approximate surface area is 123 Å². The maximum atomic E-state index is 9.74. The summed E-state index contributed by atoms with van der Waals surface area (Å²) in [5, 5.41) is 10.9. The molecule has 0 spiro atoms. The van der Waals surface area contributed by atoms with Crippen molar-refractivity contribution >= 4 is 22.4 Å². The molecule has 106 valence electrons. The van der Waals surface area contributed by atoms with E-state index in [0.29, 0.717) is 11.7 Å². The van der Waals surface area contributed by atoms with E-state index in [4.69, 9.17) is 5.73 Å². The van der Waals surface area contributed by atoms with Gasteiger partial charge in [-0.05, 0) is 30.4 Å². The summed E-state index contributed by atoms with van der Waals surface area (Å²) >= 11 is 1.45. The molecule has 3 rings (SSSR count). The van der Waals surface area contributed by atoms with Gasteiger partial charge in [0.25, 0.3) is 0 Å². The van der Waals surface area contributed by atoms with Crippen molar-refractivity contribution < 1.29 is 5.11 Å². The number of benzene rings is 1. The van der Waals surface area contributed by atoms with Crippen molar-refractivity contribution in [2.24, 2.45) is 5.92 Å². The van der Waals surface area contributed by atoms with E-state index in [1.165, 1.54) is 11.5 Å². The maximum absolute atomic E-state index is 9.74. The summed E-state index contributed by atoms with van der Waals surface area (Å²) in [6, 6.07) is 10.1. The van der Waals surface area contributed by atoms with Crippen molar-refractivity contribution in [1.29, 1.82) is 0 Å². The highest BCUT2D eigenvalue weighted by molar-refractivity contribution is 7.11. The molecule has 3 N–H and O–H groups in total. The monoisotopic (exact) mass is 289 g/mol. The molecule has 2 aromatic rings. The molecule has 4 nitrogen and oxygen atoms in total. The fourth-order valence-electron chi connectivity index (χ4n) is 2.75. The zero-order chi connectivity index (χ0) is 14.1. The molecule has 0 bridgehead atoms. The number of anilines is 2. The molecule has 2 heterocycles. The molecular weight excluding hydrogens is 270 g/mol. The lowest BCUT2D eigenvalue weighted by molar-refractivity contribution is 0.136. The van der Waals surface area contributed by atoms with Crippen LogP contribution in [0.4, 0.5) is 10.8 Å². The number of hydrogen-bond acceptors (Lipinski definition) is 5. The van der Waals surface area contributed by atoms with Gasteiger partial charge in [0.05, 0.1) is 11.7 Å². The van der Waals surface area contributed by atoms with Crippen LogP contribution in [0.1, 0.15) is 13.3 Å². The second kappa shape index (κ2) is 5.42. The Morgan fingerprint density at radius 1 is 1.40 bits per heavy atom. The number of aliphatic hydroxyl groups excluding tert-OH is 1. The molecule has 0 amide bonds. The van der Waals surface area contributed by atoms with E-state index < -0.39 is 0 Å². The van der Waals surface area contributed by atoms with Crippen LogP contribution in [0.2, 0.25) is 0 Å². The summed E-state index contributed by atoms with van der Waals surface area (Å²) in [6.45, 7) is 3.70. The Morgan fingerprint density at radius 3 is 2.80 bits per heavy atom. The zero-order valence-corrected chi connectivity index (χ0v) is 12.3. The second-order valence-corrected chi connectivity index (χ2v) is 6.10. The third-order valence-electron chi connectivity index (χ3n) is 3.96. The van der Waals surface area contributed by atoms with Crippen LogP contribution in [-0.2, 0) is 0 Å². The van der Waals surface area contributed by atoms with Gasteiger partial charge in [-0.15, -0.1) is 0 Å². The first-order valence-corrected chi connectivity index (χ1v) is 7.67. The number of rotatable bonds is 3. The third-order valence-corrected chi connectivity index (χ3v) is 4.88. The molecule has 0 aliphatic carbocycles. The second-order valence-electron chi connectivity index (χ2n) is 5.35. The number of aliphatic hydroxyl groups is 1. The third kappa shape index (κ3) is 2.39. The molecule has 2 unspecified atom stereocenters. The van der Waals surface area contributed by atoms with Crippen LogP contribution in [0.3, 0.4) is 0 Å². The van der Waals surface area contributed by atoms with Gasteiger partial charge in [0, 0.05) is 19.0 Å². The Kier molecular flexibility index (Phi) is 3.63. The van der Waals surface area contributed by atoms with Gasteiger partial charge in [0.2, 0.25) is 0 Å². The lowest BCUT2D eigenvalue weighted by Crippen LogP contribution is -2.23. The lowest BCUT2D eigenvalue weighted by atomic mass is 10.0. The fourth-order valence-corrected chi connectivity index (χ4v) is 3.62. The molecule has 1 saturated heterocycles. The van der Waals surface area contributed by atoms with Crippen molar-refractivity contribution in [3.05, 3.63) is 30.3 Å². The van der Waals surface area contributed by atoms with E-state index in [0.717, 1.165) is 35.6 Å². The topological polar surface area (TPSA) is 62.4 Å². The number of nitrogens with two attached hydrogens (primary N) is 1. The van der Waals surface area contributed by atoms with Crippen molar-refractivity contribution in [2.45, 2.75) is 19.4 Å². The first kappa shape index (κ1) is 13.4. The first-order valence-electron chi connectivity index (χ1n) is 6.90. The quantitative estimate of drug-likeness (QED) is 0.911. The molecule has 0 radical (unpaired) electrons. The summed E-state index contributed by atoms with van der Waals surface area (Å²) in [5.74, 6) is 0.929. The number of nitrogens with zero attached hydrogens (tertiary/aromatic N) is 2. The number of hydrogen-bond donors (Lipinski definition) is 2. The highest BCUT2D eigenvalue weighted by Crippen LogP contribution is 2.41. The molecule has 1 fully saturated rings. The SMILES string of the molecule is CC(O)C1CCN(c2snc(N)c2-c2ccccc2)C1. The Balaban J connectivity index is 1.93. The molecule has 20 heavy (non-hydrogen) atoms. The zero-order valence-electron chi connectivity index (χ0n) is 11.5. The first-order chi connectivity index (χ1) is 9.66. The minimum Gasteiger partial charge on any atom is -0.393 e. The van der Waals surface area contributed by atoms with Gasteiger partial charge in [-0.3, -0.25) is 0 Å². The summed E-state index contributed by atoms with van der Waals surface area (Å²) < 4.78 is 4.32. The number of nitrogen functional groups attached to an aromatic ring is 1. The van der Waals surface area contributed by atoms with E-state index in [1.54, 1.807) is 0 Å². The number of aromatic nitrogens is 1. The van der Waals surface area contributed by atoms with Gasteiger partial charge < -0.3 is 15.7 Å². The lowest BCUT2D eigenvalue weighted by Gasteiger charge is -2.19. The van der Waals surface area contributed by atoms with Crippen molar-refractivity contribution in [3.63, 3.8) is 0 Å². The van der Waals surface area contributed by atoms with Crippen LogP contribution in [0.5, 0.6) is 0 Å². The predicted octanol–water partition coefficient (Wildman–Crippen LogP) is 2.60. The van der Waals surface area contributed by atoms with E-state index >= 15 is 0 Å². The maximum Gasteiger partial charge on any atom is 0.147 e. The van der Waals surface area contributed by atoms with Gasteiger partial charge in [-0.2, -0.15) is 4.37 Å². The summed E-state index contributed by atoms with van der Waals surface area (Å²) in [6.07, 6.45) is 0.759. The molecule has 5 heteroatoms. The minimum absolute atomic E-state index is 0.259. The highest BCUT2D eigenvalue weighted by atomic mass is 32.1. The summed E-state index contributed by atoms with van der Waals surface area (Å²) in [4.78, 5) is 2.30. The summed E-state index contributed by atoms with van der Waals surface area (Å²) in [5.41, 5.74) is 8.19. The van der Waals surface area contributed by atoms with Gasteiger partial charge in [-0.1, -0.05) is 30.3 Å².